The minimum atomic E-state index is -0.369. The van der Waals surface area contributed by atoms with Gasteiger partial charge in [-0.2, -0.15) is 0 Å². The van der Waals surface area contributed by atoms with Crippen LogP contribution in [0.3, 0.4) is 0 Å². The summed E-state index contributed by atoms with van der Waals surface area (Å²) in [6, 6.07) is 4.58. The van der Waals surface area contributed by atoms with Crippen LogP contribution in [-0.2, 0) is 0 Å². The molecule has 1 aromatic carbocycles. The van der Waals surface area contributed by atoms with Gasteiger partial charge in [0.2, 0.25) is 0 Å². The number of nitrogens with two attached hydrogens (primary N) is 1. The van der Waals surface area contributed by atoms with E-state index in [0.29, 0.717) is 10.7 Å². The van der Waals surface area contributed by atoms with E-state index < -0.39 is 0 Å². The van der Waals surface area contributed by atoms with Gasteiger partial charge in [0.1, 0.15) is 5.82 Å². The Morgan fingerprint density at radius 2 is 1.75 bits per heavy atom. The fourth-order valence-corrected chi connectivity index (χ4v) is 3.04. The molecule has 0 bridgehead atoms. The Balaban J connectivity index is 2.43. The van der Waals surface area contributed by atoms with E-state index in [1.807, 2.05) is 26.8 Å². The molecule has 106 valence electrons. The SMILES string of the molecule is Cc1nc(Sc2cccc(F)c2[C@H](C)N)nc(C)c1C. The maximum atomic E-state index is 13.9. The first-order chi connectivity index (χ1) is 9.40. The van der Waals surface area contributed by atoms with Gasteiger partial charge >= 0.3 is 0 Å². The molecule has 0 saturated heterocycles. The van der Waals surface area contributed by atoms with Crippen LogP contribution in [0.2, 0.25) is 0 Å². The molecule has 0 aliphatic rings. The lowest BCUT2D eigenvalue weighted by molar-refractivity contribution is 0.585. The van der Waals surface area contributed by atoms with Crippen LogP contribution in [0.1, 0.15) is 35.5 Å². The van der Waals surface area contributed by atoms with Crippen LogP contribution in [0.4, 0.5) is 4.39 Å². The van der Waals surface area contributed by atoms with Crippen molar-refractivity contribution in [1.82, 2.24) is 9.97 Å². The fourth-order valence-electron chi connectivity index (χ4n) is 1.93. The molecular weight excluding hydrogens is 273 g/mol. The van der Waals surface area contributed by atoms with Crippen LogP contribution in [0, 0.1) is 26.6 Å². The van der Waals surface area contributed by atoms with Crippen molar-refractivity contribution in [1.29, 1.82) is 0 Å². The molecule has 2 N–H and O–H groups in total. The number of hydrogen-bond donors (Lipinski definition) is 1. The topological polar surface area (TPSA) is 51.8 Å². The number of halogens is 1. The van der Waals surface area contributed by atoms with Crippen molar-refractivity contribution in [3.8, 4) is 0 Å². The Hall–Kier alpha value is -1.46. The van der Waals surface area contributed by atoms with Gasteiger partial charge in [-0.25, -0.2) is 14.4 Å². The van der Waals surface area contributed by atoms with Gasteiger partial charge in [0.05, 0.1) is 0 Å². The maximum absolute atomic E-state index is 13.9. The Morgan fingerprint density at radius 1 is 1.15 bits per heavy atom. The van der Waals surface area contributed by atoms with E-state index in [4.69, 9.17) is 5.73 Å². The van der Waals surface area contributed by atoms with Gasteiger partial charge in [-0.3, -0.25) is 0 Å². The van der Waals surface area contributed by atoms with Gasteiger partial charge in [-0.1, -0.05) is 6.07 Å². The van der Waals surface area contributed by atoms with Crippen molar-refractivity contribution in [2.24, 2.45) is 5.73 Å². The third-order valence-electron chi connectivity index (χ3n) is 3.28. The van der Waals surface area contributed by atoms with E-state index in [1.54, 1.807) is 13.0 Å². The smallest absolute Gasteiger partial charge is 0.192 e. The highest BCUT2D eigenvalue weighted by Gasteiger charge is 2.15. The van der Waals surface area contributed by atoms with Crippen molar-refractivity contribution < 1.29 is 4.39 Å². The average Bonchev–Trinajstić information content (AvgIpc) is 2.35. The first kappa shape index (κ1) is 14.9. The molecule has 2 aromatic rings. The van der Waals surface area contributed by atoms with E-state index >= 15 is 0 Å². The summed E-state index contributed by atoms with van der Waals surface area (Å²) in [5.41, 5.74) is 9.34. The first-order valence-electron chi connectivity index (χ1n) is 6.44. The zero-order valence-corrected chi connectivity index (χ0v) is 12.9. The van der Waals surface area contributed by atoms with Crippen LogP contribution >= 0.6 is 11.8 Å². The summed E-state index contributed by atoms with van der Waals surface area (Å²) < 4.78 is 13.9. The second kappa shape index (κ2) is 5.89. The zero-order chi connectivity index (χ0) is 14.9. The minimum Gasteiger partial charge on any atom is -0.324 e. The van der Waals surface area contributed by atoms with Gasteiger partial charge in [-0.05, 0) is 57.2 Å². The minimum absolute atomic E-state index is 0.287. The summed E-state index contributed by atoms with van der Waals surface area (Å²) in [6.07, 6.45) is 0. The van der Waals surface area contributed by atoms with Gasteiger partial charge in [0, 0.05) is 27.9 Å². The number of rotatable bonds is 3. The molecule has 0 saturated carbocycles. The molecule has 1 aromatic heterocycles. The first-order valence-corrected chi connectivity index (χ1v) is 7.25. The summed E-state index contributed by atoms with van der Waals surface area (Å²) in [7, 11) is 0. The quantitative estimate of drug-likeness (QED) is 0.876. The van der Waals surface area contributed by atoms with Crippen LogP contribution < -0.4 is 5.73 Å². The van der Waals surface area contributed by atoms with Crippen LogP contribution in [0.25, 0.3) is 0 Å². The predicted octanol–water partition coefficient (Wildman–Crippen LogP) is 3.71. The highest BCUT2D eigenvalue weighted by Crippen LogP contribution is 2.32. The highest BCUT2D eigenvalue weighted by molar-refractivity contribution is 7.99. The van der Waals surface area contributed by atoms with Crippen LogP contribution in [0.5, 0.6) is 0 Å². The molecule has 0 spiro atoms. The third kappa shape index (κ3) is 2.99. The monoisotopic (exact) mass is 291 g/mol. The van der Waals surface area contributed by atoms with E-state index in [0.717, 1.165) is 21.8 Å². The van der Waals surface area contributed by atoms with Gasteiger partial charge in [-0.15, -0.1) is 0 Å². The number of aromatic nitrogens is 2. The molecule has 5 heteroatoms. The van der Waals surface area contributed by atoms with Crippen molar-refractivity contribution in [3.63, 3.8) is 0 Å². The second-order valence-electron chi connectivity index (χ2n) is 4.84. The molecule has 0 aliphatic heterocycles. The van der Waals surface area contributed by atoms with E-state index in [-0.39, 0.29) is 11.9 Å². The van der Waals surface area contributed by atoms with E-state index in [9.17, 15) is 4.39 Å². The summed E-state index contributed by atoms with van der Waals surface area (Å²) in [4.78, 5) is 9.66. The predicted molar refractivity (Wildman–Crippen MR) is 79.4 cm³/mol. The summed E-state index contributed by atoms with van der Waals surface area (Å²) in [5.74, 6) is -0.287. The molecule has 0 fully saturated rings. The van der Waals surface area contributed by atoms with Crippen molar-refractivity contribution in [2.75, 3.05) is 0 Å². The molecule has 20 heavy (non-hydrogen) atoms. The Labute approximate surface area is 122 Å². The van der Waals surface area contributed by atoms with Crippen molar-refractivity contribution in [3.05, 3.63) is 46.5 Å². The lowest BCUT2D eigenvalue weighted by Crippen LogP contribution is -2.09. The number of benzene rings is 1. The lowest BCUT2D eigenvalue weighted by Gasteiger charge is -2.13. The van der Waals surface area contributed by atoms with E-state index in [1.165, 1.54) is 17.8 Å². The fraction of sp³-hybridized carbons (Fsp3) is 0.333. The summed E-state index contributed by atoms with van der Waals surface area (Å²) in [5, 5.41) is 0.623. The highest BCUT2D eigenvalue weighted by atomic mass is 32.2. The Morgan fingerprint density at radius 3 is 2.30 bits per heavy atom. The molecule has 0 amide bonds. The molecule has 0 aliphatic carbocycles. The number of nitrogens with zero attached hydrogens (tertiary/aromatic N) is 2. The summed E-state index contributed by atoms with van der Waals surface area (Å²) in [6.45, 7) is 7.67. The standard InChI is InChI=1S/C15H18FN3S/c1-8-10(3)18-15(19-11(8)4)20-13-7-5-6-12(16)14(13)9(2)17/h5-7,9H,17H2,1-4H3/t9-/m0/s1. The number of aryl methyl sites for hydroxylation is 2. The maximum Gasteiger partial charge on any atom is 0.192 e. The molecule has 0 unspecified atom stereocenters. The normalized spacial score (nSPS) is 12.5. The average molecular weight is 291 g/mol. The third-order valence-corrected chi connectivity index (χ3v) is 4.22. The van der Waals surface area contributed by atoms with E-state index in [2.05, 4.69) is 9.97 Å². The van der Waals surface area contributed by atoms with Gasteiger partial charge in [0.25, 0.3) is 0 Å². The Kier molecular flexibility index (Phi) is 4.40. The Bertz CT molecular complexity index is 618. The molecule has 1 heterocycles. The summed E-state index contributed by atoms with van der Waals surface area (Å²) >= 11 is 1.35. The van der Waals surface area contributed by atoms with Crippen LogP contribution in [0.15, 0.2) is 28.3 Å². The van der Waals surface area contributed by atoms with Crippen molar-refractivity contribution >= 4 is 11.8 Å². The zero-order valence-electron chi connectivity index (χ0n) is 12.1. The largest absolute Gasteiger partial charge is 0.324 e. The lowest BCUT2D eigenvalue weighted by atomic mass is 10.1. The molecule has 2 rings (SSSR count). The molecule has 3 nitrogen and oxygen atoms in total. The molecular formula is C15H18FN3S. The molecule has 1 atom stereocenters. The number of hydrogen-bond acceptors (Lipinski definition) is 4. The van der Waals surface area contributed by atoms with Crippen molar-refractivity contribution in [2.45, 2.75) is 43.8 Å². The van der Waals surface area contributed by atoms with Crippen LogP contribution in [-0.4, -0.2) is 9.97 Å². The second-order valence-corrected chi connectivity index (χ2v) is 5.85. The van der Waals surface area contributed by atoms with Gasteiger partial charge < -0.3 is 5.73 Å². The van der Waals surface area contributed by atoms with Gasteiger partial charge in [0.15, 0.2) is 5.16 Å². The molecule has 0 radical (unpaired) electrons.